The van der Waals surface area contributed by atoms with E-state index in [9.17, 15) is 14.4 Å². The Balaban J connectivity index is 1.22. The largest absolute Gasteiger partial charge is 0.341 e. The van der Waals surface area contributed by atoms with E-state index in [0.29, 0.717) is 24.6 Å². The predicted molar refractivity (Wildman–Crippen MR) is 127 cm³/mol. The minimum atomic E-state index is -1.16. The molecule has 1 N–H and O–H groups in total. The Morgan fingerprint density at radius 2 is 1.82 bits per heavy atom. The number of imide groups is 1. The van der Waals surface area contributed by atoms with Gasteiger partial charge in [-0.2, -0.15) is 0 Å². The summed E-state index contributed by atoms with van der Waals surface area (Å²) < 4.78 is 1.18. The lowest BCUT2D eigenvalue weighted by atomic mass is 9.91. The van der Waals surface area contributed by atoms with Gasteiger partial charge in [0.2, 0.25) is 5.91 Å². The van der Waals surface area contributed by atoms with E-state index >= 15 is 0 Å². The zero-order chi connectivity index (χ0) is 23.2. The van der Waals surface area contributed by atoms with Crippen molar-refractivity contribution >= 4 is 39.4 Å². The molecule has 0 bridgehead atoms. The molecule has 33 heavy (non-hydrogen) atoms. The molecule has 2 aliphatic rings. The van der Waals surface area contributed by atoms with E-state index in [4.69, 9.17) is 4.98 Å². The molecule has 7 nitrogen and oxygen atoms in total. The van der Waals surface area contributed by atoms with Gasteiger partial charge in [0.05, 0.1) is 15.2 Å². The van der Waals surface area contributed by atoms with Crippen LogP contribution in [0.5, 0.6) is 0 Å². The highest BCUT2D eigenvalue weighted by molar-refractivity contribution is 7.18. The van der Waals surface area contributed by atoms with E-state index < -0.39 is 17.5 Å². The molecule has 3 aromatic rings. The van der Waals surface area contributed by atoms with Gasteiger partial charge in [-0.1, -0.05) is 42.0 Å². The quantitative estimate of drug-likeness (QED) is 0.598. The van der Waals surface area contributed by atoms with Crippen molar-refractivity contribution in [3.8, 4) is 0 Å². The van der Waals surface area contributed by atoms with Crippen molar-refractivity contribution in [3.05, 3.63) is 64.7 Å². The fraction of sp³-hybridized carbons (Fsp3) is 0.360. The van der Waals surface area contributed by atoms with Crippen LogP contribution in [0.3, 0.4) is 0 Å². The first-order valence-electron chi connectivity index (χ1n) is 11.2. The third-order valence-corrected chi connectivity index (χ3v) is 7.90. The van der Waals surface area contributed by atoms with Crippen LogP contribution in [0.4, 0.5) is 4.79 Å². The minimum absolute atomic E-state index is 0.200. The Labute approximate surface area is 196 Å². The molecule has 170 valence electrons. The van der Waals surface area contributed by atoms with Crippen LogP contribution in [0.2, 0.25) is 0 Å². The number of carbonyl (C=O) groups is 3. The maximum absolute atomic E-state index is 13.1. The van der Waals surface area contributed by atoms with E-state index in [1.54, 1.807) is 23.2 Å². The van der Waals surface area contributed by atoms with Gasteiger partial charge in [-0.25, -0.2) is 9.78 Å². The summed E-state index contributed by atoms with van der Waals surface area (Å²) in [6, 6.07) is 15.1. The Morgan fingerprint density at radius 1 is 1.12 bits per heavy atom. The number of aromatic nitrogens is 1. The number of hydrogen-bond acceptors (Lipinski definition) is 5. The molecule has 8 heteroatoms. The second-order valence-electron chi connectivity index (χ2n) is 8.99. The lowest BCUT2D eigenvalue weighted by Gasteiger charge is -2.32. The van der Waals surface area contributed by atoms with Gasteiger partial charge in [-0.15, -0.1) is 11.3 Å². The summed E-state index contributed by atoms with van der Waals surface area (Å²) in [7, 11) is 0. The Morgan fingerprint density at radius 3 is 2.52 bits per heavy atom. The van der Waals surface area contributed by atoms with Crippen molar-refractivity contribution in [2.45, 2.75) is 38.1 Å². The maximum atomic E-state index is 13.1. The second-order valence-corrected chi connectivity index (χ2v) is 10.0. The van der Waals surface area contributed by atoms with Crippen LogP contribution >= 0.6 is 11.3 Å². The van der Waals surface area contributed by atoms with Crippen LogP contribution in [-0.2, 0) is 15.1 Å². The molecule has 1 atom stereocenters. The molecule has 0 aliphatic carbocycles. The van der Waals surface area contributed by atoms with Crippen molar-refractivity contribution in [2.24, 2.45) is 0 Å². The van der Waals surface area contributed by atoms with Crippen LogP contribution in [-0.4, -0.2) is 52.3 Å². The molecule has 5 rings (SSSR count). The first-order valence-corrected chi connectivity index (χ1v) is 12.0. The van der Waals surface area contributed by atoms with Crippen molar-refractivity contribution in [1.29, 1.82) is 0 Å². The summed E-state index contributed by atoms with van der Waals surface area (Å²) in [5.74, 6) is -0.267. The first kappa shape index (κ1) is 21.6. The number of hydrogen-bond donors (Lipinski definition) is 1. The molecule has 2 fully saturated rings. The topological polar surface area (TPSA) is 82.6 Å². The number of benzene rings is 2. The number of rotatable bonds is 4. The lowest BCUT2D eigenvalue weighted by molar-refractivity contribution is -0.139. The summed E-state index contributed by atoms with van der Waals surface area (Å²) in [4.78, 5) is 46.3. The van der Waals surface area contributed by atoms with Gasteiger partial charge in [0.25, 0.3) is 5.91 Å². The molecule has 1 aromatic heterocycles. The number of piperidine rings is 1. The van der Waals surface area contributed by atoms with E-state index in [1.165, 1.54) is 4.70 Å². The predicted octanol–water partition coefficient (Wildman–Crippen LogP) is 3.78. The molecule has 3 heterocycles. The molecular weight excluding hydrogens is 436 g/mol. The molecule has 4 amide bonds. The molecule has 2 saturated heterocycles. The van der Waals surface area contributed by atoms with Gasteiger partial charge in [0, 0.05) is 19.0 Å². The van der Waals surface area contributed by atoms with E-state index in [0.717, 1.165) is 33.8 Å². The molecule has 0 saturated carbocycles. The third kappa shape index (κ3) is 3.88. The highest BCUT2D eigenvalue weighted by Gasteiger charge is 2.49. The van der Waals surface area contributed by atoms with Gasteiger partial charge in [-0.3, -0.25) is 14.5 Å². The van der Waals surface area contributed by atoms with E-state index in [1.807, 2.05) is 49.4 Å². The maximum Gasteiger partial charge on any atom is 0.325 e. The highest BCUT2D eigenvalue weighted by atomic mass is 32.1. The van der Waals surface area contributed by atoms with Crippen molar-refractivity contribution in [2.75, 3.05) is 19.6 Å². The Hall–Kier alpha value is -3.26. The van der Waals surface area contributed by atoms with Gasteiger partial charge >= 0.3 is 6.03 Å². The number of nitrogens with zero attached hydrogens (tertiary/aromatic N) is 3. The molecule has 0 spiro atoms. The van der Waals surface area contributed by atoms with Crippen LogP contribution in [0.15, 0.2) is 48.5 Å². The summed E-state index contributed by atoms with van der Waals surface area (Å²) >= 11 is 1.72. The van der Waals surface area contributed by atoms with E-state index in [2.05, 4.69) is 11.4 Å². The monoisotopic (exact) mass is 462 g/mol. The Bertz CT molecular complexity index is 1200. The smallest absolute Gasteiger partial charge is 0.325 e. The number of amides is 4. The third-order valence-electron chi connectivity index (χ3n) is 6.70. The van der Waals surface area contributed by atoms with Gasteiger partial charge in [0.15, 0.2) is 0 Å². The summed E-state index contributed by atoms with van der Waals surface area (Å²) in [6.45, 7) is 4.60. The van der Waals surface area contributed by atoms with Crippen molar-refractivity contribution in [1.82, 2.24) is 20.1 Å². The Kier molecular flexibility index (Phi) is 5.40. The van der Waals surface area contributed by atoms with Gasteiger partial charge in [-0.05, 0) is 44.4 Å². The number of urea groups is 1. The first-order chi connectivity index (χ1) is 15.8. The average molecular weight is 463 g/mol. The molecule has 2 aliphatic heterocycles. The fourth-order valence-electron chi connectivity index (χ4n) is 4.60. The second kappa shape index (κ2) is 8.26. The normalized spacial score (nSPS) is 21.6. The van der Waals surface area contributed by atoms with Gasteiger partial charge in [0.1, 0.15) is 12.1 Å². The molecule has 0 unspecified atom stereocenters. The molecular formula is C25H26N4O3S. The number of aryl methyl sites for hydroxylation is 1. The average Bonchev–Trinajstić information content (AvgIpc) is 3.35. The van der Waals surface area contributed by atoms with Crippen LogP contribution in [0.1, 0.15) is 41.8 Å². The zero-order valence-corrected chi connectivity index (χ0v) is 19.5. The van der Waals surface area contributed by atoms with Gasteiger partial charge < -0.3 is 10.2 Å². The minimum Gasteiger partial charge on any atom is -0.341 e. The number of thiazole rings is 1. The van der Waals surface area contributed by atoms with Crippen LogP contribution in [0, 0.1) is 6.92 Å². The number of fused-ring (bicyclic) bond motifs is 1. The standard InChI is InChI=1S/C25H26N4O3S/c1-16-7-9-18(10-8-16)25(2)23(31)29(24(32)27-25)15-21(30)28-13-11-17(12-14-28)22-26-19-5-3-4-6-20(19)33-22/h3-10,17H,11-15H2,1-2H3,(H,27,32)/t25-/m1/s1. The zero-order valence-electron chi connectivity index (χ0n) is 18.7. The van der Waals surface area contributed by atoms with Crippen molar-refractivity contribution < 1.29 is 14.4 Å². The van der Waals surface area contributed by atoms with E-state index in [-0.39, 0.29) is 12.5 Å². The summed E-state index contributed by atoms with van der Waals surface area (Å²) in [6.07, 6.45) is 1.65. The number of para-hydroxylation sites is 1. The van der Waals surface area contributed by atoms with Crippen LogP contribution in [0.25, 0.3) is 10.2 Å². The van der Waals surface area contributed by atoms with Crippen molar-refractivity contribution in [3.63, 3.8) is 0 Å². The molecule has 0 radical (unpaired) electrons. The number of nitrogens with one attached hydrogen (secondary N) is 1. The number of carbonyl (C=O) groups excluding carboxylic acids is 3. The molecule has 2 aromatic carbocycles. The highest BCUT2D eigenvalue weighted by Crippen LogP contribution is 2.34. The number of likely N-dealkylation sites (tertiary alicyclic amines) is 1. The lowest BCUT2D eigenvalue weighted by Crippen LogP contribution is -2.46. The SMILES string of the molecule is Cc1ccc([C@@]2(C)NC(=O)N(CC(=O)N3CCC(c4nc5ccccc5s4)CC3)C2=O)cc1. The summed E-state index contributed by atoms with van der Waals surface area (Å²) in [5.41, 5.74) is 1.63. The fourth-order valence-corrected chi connectivity index (χ4v) is 5.74. The van der Waals surface area contributed by atoms with Crippen LogP contribution < -0.4 is 5.32 Å². The summed E-state index contributed by atoms with van der Waals surface area (Å²) in [5, 5.41) is 3.89.